The molecule has 1 atom stereocenters. The maximum atomic E-state index is 10.2. The molecule has 1 unspecified atom stereocenters. The normalized spacial score (nSPS) is 20.7. The highest BCUT2D eigenvalue weighted by atomic mass is 16.3. The Hall–Kier alpha value is -1.71. The second-order valence-electron chi connectivity index (χ2n) is 3.74. The Morgan fingerprint density at radius 3 is 3.07 bits per heavy atom. The van der Waals surface area contributed by atoms with Crippen LogP contribution in [0.2, 0.25) is 0 Å². The van der Waals surface area contributed by atoms with Crippen LogP contribution in [0.15, 0.2) is 41.4 Å². The maximum absolute atomic E-state index is 10.2. The number of aromatic nitrogens is 2. The van der Waals surface area contributed by atoms with Gasteiger partial charge in [-0.1, -0.05) is 18.2 Å². The van der Waals surface area contributed by atoms with Crippen molar-refractivity contribution < 1.29 is 0 Å². The Kier molecular flexibility index (Phi) is 2.76. The van der Waals surface area contributed by atoms with Crippen LogP contribution >= 0.6 is 0 Å². The lowest BCUT2D eigenvalue weighted by molar-refractivity contribution is 0.651. The third kappa shape index (κ3) is 2.03. The van der Waals surface area contributed by atoms with Crippen LogP contribution in [-0.2, 0) is 0 Å². The van der Waals surface area contributed by atoms with Crippen molar-refractivity contribution in [1.29, 1.82) is 0 Å². The van der Waals surface area contributed by atoms with Crippen molar-refractivity contribution in [2.75, 3.05) is 6.54 Å². The Morgan fingerprint density at radius 2 is 2.47 bits per heavy atom. The van der Waals surface area contributed by atoms with Crippen LogP contribution in [0.25, 0.3) is 5.70 Å². The van der Waals surface area contributed by atoms with Gasteiger partial charge in [0.1, 0.15) is 6.54 Å². The minimum absolute atomic E-state index is 0.296. The minimum atomic E-state index is 0.296. The summed E-state index contributed by atoms with van der Waals surface area (Å²) in [6, 6.07) is 1.90. The average molecular weight is 203 g/mol. The number of hydrogen-bond acceptors (Lipinski definition) is 3. The van der Waals surface area contributed by atoms with Crippen LogP contribution in [0.3, 0.4) is 0 Å². The monoisotopic (exact) mass is 203 g/mol. The van der Waals surface area contributed by atoms with Gasteiger partial charge in [0, 0.05) is 18.1 Å². The molecule has 78 valence electrons. The lowest BCUT2D eigenvalue weighted by Gasteiger charge is -2.19. The minimum Gasteiger partial charge on any atom is -0.245 e. The van der Waals surface area contributed by atoms with E-state index in [9.17, 15) is 4.91 Å². The molecule has 4 nitrogen and oxygen atoms in total. The van der Waals surface area contributed by atoms with E-state index in [1.165, 1.54) is 0 Å². The first-order chi connectivity index (χ1) is 7.31. The summed E-state index contributed by atoms with van der Waals surface area (Å²) in [6.07, 6.45) is 8.58. The summed E-state index contributed by atoms with van der Waals surface area (Å²) in [5.41, 5.74) is 2.25. The number of rotatable bonds is 3. The number of hydrogen-bond donors (Lipinski definition) is 0. The summed E-state index contributed by atoms with van der Waals surface area (Å²) in [4.78, 5) is 10.2. The summed E-state index contributed by atoms with van der Waals surface area (Å²) in [5.74, 6) is 0.367. The molecule has 0 saturated heterocycles. The van der Waals surface area contributed by atoms with Crippen LogP contribution in [0.4, 0.5) is 0 Å². The Labute approximate surface area is 88.3 Å². The highest BCUT2D eigenvalue weighted by molar-refractivity contribution is 5.51. The quantitative estimate of drug-likeness (QED) is 0.708. The zero-order valence-electron chi connectivity index (χ0n) is 8.63. The van der Waals surface area contributed by atoms with E-state index in [2.05, 4.69) is 17.2 Å². The molecular weight excluding hydrogens is 190 g/mol. The number of allylic oxidation sites excluding steroid dienone is 3. The van der Waals surface area contributed by atoms with E-state index in [0.717, 1.165) is 17.7 Å². The molecule has 0 saturated carbocycles. The van der Waals surface area contributed by atoms with Crippen molar-refractivity contribution in [1.82, 2.24) is 9.78 Å². The SMILES string of the molecule is CC1CC(n2cccn2)=CC=C1CN=O. The molecule has 1 aliphatic carbocycles. The molecule has 0 radical (unpaired) electrons. The van der Waals surface area contributed by atoms with Crippen molar-refractivity contribution in [2.24, 2.45) is 11.1 Å². The van der Waals surface area contributed by atoms with E-state index in [1.807, 2.05) is 29.1 Å². The van der Waals surface area contributed by atoms with Crippen LogP contribution in [0.1, 0.15) is 13.3 Å². The molecule has 1 aromatic heterocycles. The van der Waals surface area contributed by atoms with Gasteiger partial charge in [0.05, 0.1) is 0 Å². The third-order valence-corrected chi connectivity index (χ3v) is 2.68. The predicted octanol–water partition coefficient (Wildman–Crippen LogP) is 2.46. The summed E-state index contributed by atoms with van der Waals surface area (Å²) in [5, 5.41) is 7.11. The molecule has 4 heteroatoms. The third-order valence-electron chi connectivity index (χ3n) is 2.68. The van der Waals surface area contributed by atoms with E-state index in [-0.39, 0.29) is 0 Å². The van der Waals surface area contributed by atoms with E-state index < -0.39 is 0 Å². The lowest BCUT2D eigenvalue weighted by atomic mass is 9.91. The topological polar surface area (TPSA) is 47.2 Å². The fourth-order valence-corrected chi connectivity index (χ4v) is 1.77. The molecule has 0 fully saturated rings. The molecule has 0 spiro atoms. The molecule has 1 aliphatic rings. The second-order valence-corrected chi connectivity index (χ2v) is 3.74. The molecule has 1 aromatic rings. The summed E-state index contributed by atoms with van der Waals surface area (Å²) in [6.45, 7) is 2.40. The van der Waals surface area contributed by atoms with Gasteiger partial charge in [0.25, 0.3) is 0 Å². The van der Waals surface area contributed by atoms with Crippen molar-refractivity contribution in [3.05, 3.63) is 41.1 Å². The van der Waals surface area contributed by atoms with Crippen LogP contribution in [-0.4, -0.2) is 16.3 Å². The first kappa shape index (κ1) is 9.83. The summed E-state index contributed by atoms with van der Waals surface area (Å²) >= 11 is 0. The standard InChI is InChI=1S/C11H13N3O/c1-9-7-11(14-6-2-5-12-14)4-3-10(9)8-13-15/h2-6,9H,7-8H2,1H3. The highest BCUT2D eigenvalue weighted by Crippen LogP contribution is 2.27. The van der Waals surface area contributed by atoms with Crippen molar-refractivity contribution in [3.8, 4) is 0 Å². The van der Waals surface area contributed by atoms with E-state index in [1.54, 1.807) is 6.20 Å². The predicted molar refractivity (Wildman–Crippen MR) is 59.0 cm³/mol. The van der Waals surface area contributed by atoms with Gasteiger partial charge in [-0.15, -0.1) is 0 Å². The second kappa shape index (κ2) is 4.21. The van der Waals surface area contributed by atoms with Gasteiger partial charge in [0.2, 0.25) is 0 Å². The van der Waals surface area contributed by atoms with E-state index in [0.29, 0.717) is 12.5 Å². The fourth-order valence-electron chi connectivity index (χ4n) is 1.77. The van der Waals surface area contributed by atoms with Crippen molar-refractivity contribution in [3.63, 3.8) is 0 Å². The molecule has 0 amide bonds. The maximum Gasteiger partial charge on any atom is 0.103 e. The number of nitrogens with zero attached hydrogens (tertiary/aromatic N) is 3. The van der Waals surface area contributed by atoms with Gasteiger partial charge >= 0.3 is 0 Å². The molecule has 2 rings (SSSR count). The zero-order valence-corrected chi connectivity index (χ0v) is 8.63. The Morgan fingerprint density at radius 1 is 1.60 bits per heavy atom. The van der Waals surface area contributed by atoms with Gasteiger partial charge in [-0.3, -0.25) is 0 Å². The molecule has 0 N–H and O–H groups in total. The van der Waals surface area contributed by atoms with E-state index >= 15 is 0 Å². The lowest BCUT2D eigenvalue weighted by Crippen LogP contribution is -2.10. The first-order valence-corrected chi connectivity index (χ1v) is 5.00. The first-order valence-electron chi connectivity index (χ1n) is 5.00. The van der Waals surface area contributed by atoms with Gasteiger partial charge in [-0.2, -0.15) is 10.0 Å². The van der Waals surface area contributed by atoms with Gasteiger partial charge in [0.15, 0.2) is 0 Å². The smallest absolute Gasteiger partial charge is 0.103 e. The average Bonchev–Trinajstić information content (AvgIpc) is 2.74. The van der Waals surface area contributed by atoms with Gasteiger partial charge in [-0.25, -0.2) is 4.68 Å². The van der Waals surface area contributed by atoms with Crippen molar-refractivity contribution >= 4 is 5.70 Å². The Balaban J connectivity index is 2.21. The van der Waals surface area contributed by atoms with Crippen LogP contribution < -0.4 is 0 Å². The van der Waals surface area contributed by atoms with E-state index in [4.69, 9.17) is 0 Å². The largest absolute Gasteiger partial charge is 0.245 e. The fraction of sp³-hybridized carbons (Fsp3) is 0.364. The molecule has 0 bridgehead atoms. The molecule has 15 heavy (non-hydrogen) atoms. The van der Waals surface area contributed by atoms with Crippen LogP contribution in [0, 0.1) is 10.8 Å². The highest BCUT2D eigenvalue weighted by Gasteiger charge is 2.16. The molecular formula is C11H13N3O. The summed E-state index contributed by atoms with van der Waals surface area (Å²) in [7, 11) is 0. The Bertz CT molecular complexity index is 403. The van der Waals surface area contributed by atoms with Gasteiger partial charge in [-0.05, 0) is 30.1 Å². The molecule has 0 aliphatic heterocycles. The van der Waals surface area contributed by atoms with Crippen molar-refractivity contribution in [2.45, 2.75) is 13.3 Å². The molecule has 0 aromatic carbocycles. The summed E-state index contributed by atoms with van der Waals surface area (Å²) < 4.78 is 1.86. The zero-order chi connectivity index (χ0) is 10.7. The molecule has 1 heterocycles. The van der Waals surface area contributed by atoms with Gasteiger partial charge < -0.3 is 0 Å². The number of nitroso groups, excluding NO2 is 1. The van der Waals surface area contributed by atoms with Crippen LogP contribution in [0.5, 0.6) is 0 Å².